The summed E-state index contributed by atoms with van der Waals surface area (Å²) in [5.74, 6) is -0.322. The maximum absolute atomic E-state index is 12.2. The van der Waals surface area contributed by atoms with E-state index in [1.807, 2.05) is 0 Å². The lowest BCUT2D eigenvalue weighted by Gasteiger charge is -2.05. The topological polar surface area (TPSA) is 85.4 Å². The molecule has 2 atom stereocenters. The molecule has 0 saturated heterocycles. The Balaban J connectivity index is 2.13. The summed E-state index contributed by atoms with van der Waals surface area (Å²) in [4.78, 5) is 15.2. The Hall–Kier alpha value is -0.990. The number of sulfonamides is 1. The number of ether oxygens (including phenoxy) is 1. The number of carbonyl (C=O) groups is 1. The smallest absolute Gasteiger partial charge is 0.358 e. The zero-order chi connectivity index (χ0) is 14.0. The van der Waals surface area contributed by atoms with Crippen molar-refractivity contribution >= 4 is 27.3 Å². The van der Waals surface area contributed by atoms with Gasteiger partial charge in [0.05, 0.1) is 12.6 Å². The molecule has 2 rings (SSSR count). The van der Waals surface area contributed by atoms with Gasteiger partial charge in [-0.1, -0.05) is 13.3 Å². The first kappa shape index (κ1) is 14.4. The third kappa shape index (κ3) is 3.13. The lowest BCUT2D eigenvalue weighted by atomic mass is 10.2. The van der Waals surface area contributed by atoms with Gasteiger partial charge in [-0.3, -0.25) is 0 Å². The van der Waals surface area contributed by atoms with Gasteiger partial charge in [0, 0.05) is 6.04 Å². The molecule has 8 heteroatoms. The van der Waals surface area contributed by atoms with Crippen molar-refractivity contribution in [3.05, 3.63) is 11.2 Å². The van der Waals surface area contributed by atoms with Gasteiger partial charge in [-0.25, -0.2) is 22.9 Å². The second-order valence-electron chi connectivity index (χ2n) is 4.49. The summed E-state index contributed by atoms with van der Waals surface area (Å²) in [7, 11) is -2.49. The predicted octanol–water partition coefficient (Wildman–Crippen LogP) is 1.40. The zero-order valence-electron chi connectivity index (χ0n) is 10.8. The van der Waals surface area contributed by atoms with Gasteiger partial charge in [0.2, 0.25) is 0 Å². The molecule has 1 aromatic rings. The van der Waals surface area contributed by atoms with Crippen LogP contribution in [0.5, 0.6) is 0 Å². The summed E-state index contributed by atoms with van der Waals surface area (Å²) in [5, 5.41) is 0. The van der Waals surface area contributed by atoms with Crippen molar-refractivity contribution < 1.29 is 17.9 Å². The van der Waals surface area contributed by atoms with Crippen molar-refractivity contribution in [3.8, 4) is 0 Å². The molecule has 6 nitrogen and oxygen atoms in total. The highest BCUT2D eigenvalue weighted by molar-refractivity contribution is 7.91. The average molecular weight is 304 g/mol. The Bertz CT molecular complexity index is 567. The number of nitrogens with one attached hydrogen (secondary N) is 1. The number of thiazole rings is 1. The minimum atomic E-state index is -3.69. The van der Waals surface area contributed by atoms with E-state index >= 15 is 0 Å². The van der Waals surface area contributed by atoms with E-state index in [1.54, 1.807) is 0 Å². The Labute approximate surface area is 116 Å². The number of aromatic nitrogens is 1. The van der Waals surface area contributed by atoms with Crippen molar-refractivity contribution in [2.75, 3.05) is 7.11 Å². The fourth-order valence-electron chi connectivity index (χ4n) is 1.99. The van der Waals surface area contributed by atoms with Gasteiger partial charge in [-0.2, -0.15) is 0 Å². The van der Waals surface area contributed by atoms with E-state index < -0.39 is 16.0 Å². The Morgan fingerprint density at radius 1 is 1.63 bits per heavy atom. The molecule has 2 unspecified atom stereocenters. The molecule has 1 aliphatic carbocycles. The summed E-state index contributed by atoms with van der Waals surface area (Å²) in [6.45, 7) is 2.07. The maximum Gasteiger partial charge on any atom is 0.358 e. The van der Waals surface area contributed by atoms with Crippen LogP contribution in [0.25, 0.3) is 0 Å². The quantitative estimate of drug-likeness (QED) is 0.803. The van der Waals surface area contributed by atoms with Crippen molar-refractivity contribution in [2.24, 2.45) is 5.92 Å². The summed E-state index contributed by atoms with van der Waals surface area (Å²) in [5.41, 5.74) is 1.18. The summed E-state index contributed by atoms with van der Waals surface area (Å²) in [6, 6.07) is -0.0162. The lowest BCUT2D eigenvalue weighted by molar-refractivity contribution is 0.0590. The van der Waals surface area contributed by atoms with E-state index in [9.17, 15) is 13.2 Å². The van der Waals surface area contributed by atoms with Gasteiger partial charge >= 0.3 is 5.97 Å². The molecule has 0 amide bonds. The van der Waals surface area contributed by atoms with Gasteiger partial charge < -0.3 is 4.74 Å². The highest BCUT2D eigenvalue weighted by atomic mass is 32.2. The SMILES string of the molecule is CCCC1CC1NS(=O)(=O)c1scnc1C(=O)OC. The molecule has 1 fully saturated rings. The van der Waals surface area contributed by atoms with Crippen LogP contribution in [0.15, 0.2) is 9.72 Å². The van der Waals surface area contributed by atoms with E-state index in [-0.39, 0.29) is 15.9 Å². The molecular weight excluding hydrogens is 288 g/mol. The molecule has 1 heterocycles. The van der Waals surface area contributed by atoms with E-state index in [0.717, 1.165) is 30.6 Å². The molecule has 1 aliphatic rings. The number of methoxy groups -OCH3 is 1. The Kier molecular flexibility index (Phi) is 4.22. The minimum absolute atomic E-state index is 0.0162. The lowest BCUT2D eigenvalue weighted by Crippen LogP contribution is -2.28. The Morgan fingerprint density at radius 2 is 2.37 bits per heavy atom. The first-order chi connectivity index (χ1) is 8.99. The summed E-state index contributed by atoms with van der Waals surface area (Å²) in [6.07, 6.45) is 2.91. The number of carbonyl (C=O) groups excluding carboxylic acids is 1. The monoisotopic (exact) mass is 304 g/mol. The number of nitrogens with zero attached hydrogens (tertiary/aromatic N) is 1. The summed E-state index contributed by atoms with van der Waals surface area (Å²) >= 11 is 0.922. The van der Waals surface area contributed by atoms with Gasteiger partial charge in [0.1, 0.15) is 0 Å². The van der Waals surface area contributed by atoms with Crippen molar-refractivity contribution in [2.45, 2.75) is 36.4 Å². The first-order valence-electron chi connectivity index (χ1n) is 6.03. The van der Waals surface area contributed by atoms with Crippen LogP contribution in [-0.2, 0) is 14.8 Å². The van der Waals surface area contributed by atoms with Crippen molar-refractivity contribution in [1.29, 1.82) is 0 Å². The number of rotatable bonds is 6. The second kappa shape index (κ2) is 5.56. The van der Waals surface area contributed by atoms with Crippen LogP contribution in [0, 0.1) is 5.92 Å². The molecule has 0 radical (unpaired) electrons. The minimum Gasteiger partial charge on any atom is -0.464 e. The predicted molar refractivity (Wildman–Crippen MR) is 70.6 cm³/mol. The average Bonchev–Trinajstić information content (AvgIpc) is 2.91. The third-order valence-corrected chi connectivity index (χ3v) is 5.91. The van der Waals surface area contributed by atoms with Crippen LogP contribution in [0.2, 0.25) is 0 Å². The molecule has 0 aliphatic heterocycles. The van der Waals surface area contributed by atoms with Gasteiger partial charge in [-0.05, 0) is 18.8 Å². The molecule has 0 spiro atoms. The first-order valence-corrected chi connectivity index (χ1v) is 8.40. The van der Waals surface area contributed by atoms with E-state index in [1.165, 1.54) is 12.6 Å². The highest BCUT2D eigenvalue weighted by Gasteiger charge is 2.40. The standard InChI is InChI=1S/C11H16N2O4S2/c1-3-4-7-5-8(7)13-19(15,16)11-9(10(14)17-2)12-6-18-11/h6-8,13H,3-5H2,1-2H3. The van der Waals surface area contributed by atoms with Crippen LogP contribution in [0.4, 0.5) is 0 Å². The van der Waals surface area contributed by atoms with Crippen LogP contribution in [0.1, 0.15) is 36.7 Å². The van der Waals surface area contributed by atoms with Crippen molar-refractivity contribution in [1.82, 2.24) is 9.71 Å². The summed E-state index contributed by atoms with van der Waals surface area (Å²) < 4.78 is 31.4. The molecule has 19 heavy (non-hydrogen) atoms. The number of hydrogen-bond acceptors (Lipinski definition) is 6. The Morgan fingerprint density at radius 3 is 3.00 bits per heavy atom. The van der Waals surface area contributed by atoms with Crippen molar-refractivity contribution in [3.63, 3.8) is 0 Å². The van der Waals surface area contributed by atoms with Gasteiger partial charge in [0.15, 0.2) is 9.90 Å². The van der Waals surface area contributed by atoms with E-state index in [0.29, 0.717) is 5.92 Å². The highest BCUT2D eigenvalue weighted by Crippen LogP contribution is 2.36. The molecule has 0 bridgehead atoms. The largest absolute Gasteiger partial charge is 0.464 e. The fraction of sp³-hybridized carbons (Fsp3) is 0.636. The molecule has 0 aromatic carbocycles. The number of esters is 1. The molecule has 1 aromatic heterocycles. The molecular formula is C11H16N2O4S2. The molecule has 1 saturated carbocycles. The van der Waals surface area contributed by atoms with Crippen LogP contribution in [0.3, 0.4) is 0 Å². The number of hydrogen-bond donors (Lipinski definition) is 1. The maximum atomic E-state index is 12.2. The molecule has 106 valence electrons. The van der Waals surface area contributed by atoms with Crippen LogP contribution >= 0.6 is 11.3 Å². The second-order valence-corrected chi connectivity index (χ2v) is 7.26. The van der Waals surface area contributed by atoms with E-state index in [4.69, 9.17) is 0 Å². The van der Waals surface area contributed by atoms with E-state index in [2.05, 4.69) is 21.4 Å². The normalized spacial score (nSPS) is 22.2. The van der Waals surface area contributed by atoms with Crippen LogP contribution in [-0.4, -0.2) is 32.5 Å². The van der Waals surface area contributed by atoms with Gasteiger partial charge in [0.25, 0.3) is 10.0 Å². The van der Waals surface area contributed by atoms with Crippen LogP contribution < -0.4 is 4.72 Å². The van der Waals surface area contributed by atoms with Gasteiger partial charge in [-0.15, -0.1) is 11.3 Å². The fourth-order valence-corrected chi connectivity index (χ4v) is 4.46. The zero-order valence-corrected chi connectivity index (χ0v) is 12.4. The third-order valence-electron chi connectivity index (χ3n) is 3.05. The molecule has 1 N–H and O–H groups in total.